The van der Waals surface area contributed by atoms with Crippen molar-refractivity contribution in [1.82, 2.24) is 19.9 Å². The molecule has 0 aromatic carbocycles. The molecule has 0 fully saturated rings. The highest BCUT2D eigenvalue weighted by Gasteiger charge is 2.06. The predicted molar refractivity (Wildman–Crippen MR) is 79.5 cm³/mol. The van der Waals surface area contributed by atoms with Crippen LogP contribution < -0.4 is 15.4 Å². The maximum atomic E-state index is 5.44. The molecule has 0 aliphatic carbocycles. The average Bonchev–Trinajstić information content (AvgIpc) is 2.98. The van der Waals surface area contributed by atoms with Gasteiger partial charge in [0.1, 0.15) is 0 Å². The summed E-state index contributed by atoms with van der Waals surface area (Å²) in [5, 5.41) is 9.11. The van der Waals surface area contributed by atoms with E-state index in [0.717, 1.165) is 17.8 Å². The minimum Gasteiger partial charge on any atom is -0.463 e. The van der Waals surface area contributed by atoms with Crippen LogP contribution in [-0.2, 0) is 6.42 Å². The Morgan fingerprint density at radius 1 is 1.25 bits per heavy atom. The van der Waals surface area contributed by atoms with E-state index >= 15 is 0 Å². The normalized spacial score (nSPS) is 10.3. The van der Waals surface area contributed by atoms with Gasteiger partial charge in [-0.15, -0.1) is 11.3 Å². The standard InChI is InChI=1S/C12H18N6OS/c1-3-7-19-12-17-10(13-2)16-11(18-12)15-5-4-9-14-6-8-20-9/h6,8H,3-5,7H2,1-2H3,(H2,13,15,16,17,18). The molecule has 20 heavy (non-hydrogen) atoms. The van der Waals surface area contributed by atoms with E-state index in [1.807, 2.05) is 12.3 Å². The molecule has 0 saturated carbocycles. The van der Waals surface area contributed by atoms with E-state index in [2.05, 4.69) is 30.6 Å². The third-order valence-corrected chi connectivity index (χ3v) is 3.22. The number of rotatable bonds is 8. The van der Waals surface area contributed by atoms with E-state index in [4.69, 9.17) is 4.74 Å². The minimum absolute atomic E-state index is 0.336. The van der Waals surface area contributed by atoms with Crippen LogP contribution in [0.4, 0.5) is 11.9 Å². The van der Waals surface area contributed by atoms with Gasteiger partial charge in [0.15, 0.2) is 0 Å². The fraction of sp³-hybridized carbons (Fsp3) is 0.500. The molecule has 2 aromatic heterocycles. The van der Waals surface area contributed by atoms with Crippen LogP contribution in [-0.4, -0.2) is 40.1 Å². The highest BCUT2D eigenvalue weighted by atomic mass is 32.1. The summed E-state index contributed by atoms with van der Waals surface area (Å²) in [5.74, 6) is 0.995. The van der Waals surface area contributed by atoms with Gasteiger partial charge in [0, 0.05) is 31.6 Å². The summed E-state index contributed by atoms with van der Waals surface area (Å²) in [4.78, 5) is 16.8. The molecule has 0 spiro atoms. The van der Waals surface area contributed by atoms with Crippen LogP contribution in [0.5, 0.6) is 6.01 Å². The third kappa shape index (κ3) is 4.30. The monoisotopic (exact) mass is 294 g/mol. The Bertz CT molecular complexity index is 519. The van der Waals surface area contributed by atoms with Crippen LogP contribution in [0.15, 0.2) is 11.6 Å². The molecule has 0 bridgehead atoms. The van der Waals surface area contributed by atoms with E-state index in [-0.39, 0.29) is 0 Å². The second-order valence-electron chi connectivity index (χ2n) is 3.97. The Morgan fingerprint density at radius 2 is 2.10 bits per heavy atom. The zero-order chi connectivity index (χ0) is 14.2. The van der Waals surface area contributed by atoms with E-state index in [0.29, 0.717) is 31.1 Å². The van der Waals surface area contributed by atoms with Crippen LogP contribution in [0.25, 0.3) is 0 Å². The molecular formula is C12H18N6OS. The molecule has 0 aliphatic rings. The Kier molecular flexibility index (Phi) is 5.48. The molecule has 0 saturated heterocycles. The van der Waals surface area contributed by atoms with Gasteiger partial charge in [-0.3, -0.25) is 0 Å². The van der Waals surface area contributed by atoms with Crippen molar-refractivity contribution in [2.75, 3.05) is 30.8 Å². The van der Waals surface area contributed by atoms with Crippen molar-refractivity contribution < 1.29 is 4.74 Å². The fourth-order valence-corrected chi connectivity index (χ4v) is 2.08. The SMILES string of the molecule is CCCOc1nc(NC)nc(NCCc2nccs2)n1. The first-order valence-corrected chi connectivity index (χ1v) is 7.38. The minimum atomic E-state index is 0.336. The molecule has 7 nitrogen and oxygen atoms in total. The summed E-state index contributed by atoms with van der Waals surface area (Å²) in [5.41, 5.74) is 0. The molecule has 2 rings (SSSR count). The smallest absolute Gasteiger partial charge is 0.323 e. The molecule has 2 aromatic rings. The maximum absolute atomic E-state index is 5.44. The van der Waals surface area contributed by atoms with Crippen molar-refractivity contribution in [3.8, 4) is 6.01 Å². The Labute approximate surface area is 121 Å². The molecule has 0 amide bonds. The van der Waals surface area contributed by atoms with Gasteiger partial charge >= 0.3 is 6.01 Å². The van der Waals surface area contributed by atoms with Crippen molar-refractivity contribution >= 4 is 23.2 Å². The van der Waals surface area contributed by atoms with E-state index < -0.39 is 0 Å². The maximum Gasteiger partial charge on any atom is 0.323 e. The van der Waals surface area contributed by atoms with E-state index in [9.17, 15) is 0 Å². The van der Waals surface area contributed by atoms with Crippen molar-refractivity contribution in [1.29, 1.82) is 0 Å². The molecule has 108 valence electrons. The van der Waals surface area contributed by atoms with Gasteiger partial charge in [-0.1, -0.05) is 6.92 Å². The summed E-state index contributed by atoms with van der Waals surface area (Å²) in [6.07, 6.45) is 3.55. The highest BCUT2D eigenvalue weighted by molar-refractivity contribution is 7.09. The van der Waals surface area contributed by atoms with Gasteiger partial charge in [0.2, 0.25) is 11.9 Å². The lowest BCUT2D eigenvalue weighted by Crippen LogP contribution is -2.11. The molecule has 0 unspecified atom stereocenters. The Morgan fingerprint density at radius 3 is 2.80 bits per heavy atom. The summed E-state index contributed by atoms with van der Waals surface area (Å²) in [6, 6.07) is 0.336. The van der Waals surface area contributed by atoms with Gasteiger partial charge in [0.25, 0.3) is 0 Å². The number of ether oxygens (including phenoxy) is 1. The number of aromatic nitrogens is 4. The van der Waals surface area contributed by atoms with Crippen LogP contribution in [0.1, 0.15) is 18.4 Å². The lowest BCUT2D eigenvalue weighted by atomic mass is 10.4. The molecular weight excluding hydrogens is 276 g/mol. The molecule has 2 N–H and O–H groups in total. The van der Waals surface area contributed by atoms with Gasteiger partial charge in [-0.25, -0.2) is 4.98 Å². The topological polar surface area (TPSA) is 84.9 Å². The number of hydrogen-bond donors (Lipinski definition) is 2. The lowest BCUT2D eigenvalue weighted by Gasteiger charge is -2.08. The second-order valence-corrected chi connectivity index (χ2v) is 4.95. The number of thiazole rings is 1. The molecule has 8 heteroatoms. The quantitative estimate of drug-likeness (QED) is 0.768. The first-order valence-electron chi connectivity index (χ1n) is 6.50. The van der Waals surface area contributed by atoms with Gasteiger partial charge in [-0.2, -0.15) is 15.0 Å². The van der Waals surface area contributed by atoms with E-state index in [1.54, 1.807) is 24.6 Å². The molecule has 2 heterocycles. The highest BCUT2D eigenvalue weighted by Crippen LogP contribution is 2.11. The second kappa shape index (κ2) is 7.59. The summed E-state index contributed by atoms with van der Waals surface area (Å²) >= 11 is 1.64. The Hall–Kier alpha value is -1.96. The lowest BCUT2D eigenvalue weighted by molar-refractivity contribution is 0.292. The van der Waals surface area contributed by atoms with Crippen LogP contribution >= 0.6 is 11.3 Å². The number of anilines is 2. The fourth-order valence-electron chi connectivity index (χ4n) is 1.46. The van der Waals surface area contributed by atoms with Crippen LogP contribution in [0.3, 0.4) is 0 Å². The van der Waals surface area contributed by atoms with Crippen molar-refractivity contribution in [2.45, 2.75) is 19.8 Å². The molecule has 0 radical (unpaired) electrons. The number of nitrogens with zero attached hydrogens (tertiary/aromatic N) is 4. The van der Waals surface area contributed by atoms with Crippen LogP contribution in [0.2, 0.25) is 0 Å². The summed E-state index contributed by atoms with van der Waals surface area (Å²) < 4.78 is 5.44. The average molecular weight is 294 g/mol. The largest absolute Gasteiger partial charge is 0.463 e. The number of nitrogens with one attached hydrogen (secondary N) is 2. The van der Waals surface area contributed by atoms with Crippen molar-refractivity contribution in [3.63, 3.8) is 0 Å². The van der Waals surface area contributed by atoms with Crippen molar-refractivity contribution in [2.24, 2.45) is 0 Å². The Balaban J connectivity index is 1.94. The zero-order valence-corrected chi connectivity index (χ0v) is 12.4. The predicted octanol–water partition coefficient (Wildman–Crippen LogP) is 1.81. The van der Waals surface area contributed by atoms with Gasteiger partial charge in [0.05, 0.1) is 11.6 Å². The van der Waals surface area contributed by atoms with Crippen LogP contribution in [0, 0.1) is 0 Å². The first kappa shape index (κ1) is 14.4. The van der Waals surface area contributed by atoms with Gasteiger partial charge in [-0.05, 0) is 6.42 Å². The van der Waals surface area contributed by atoms with Gasteiger partial charge < -0.3 is 15.4 Å². The summed E-state index contributed by atoms with van der Waals surface area (Å²) in [7, 11) is 1.76. The number of hydrogen-bond acceptors (Lipinski definition) is 8. The first-order chi connectivity index (χ1) is 9.81. The summed E-state index contributed by atoms with van der Waals surface area (Å²) in [6.45, 7) is 3.34. The van der Waals surface area contributed by atoms with E-state index in [1.165, 1.54) is 0 Å². The molecule has 0 atom stereocenters. The van der Waals surface area contributed by atoms with Crippen molar-refractivity contribution in [3.05, 3.63) is 16.6 Å². The zero-order valence-electron chi connectivity index (χ0n) is 11.6. The third-order valence-electron chi connectivity index (χ3n) is 2.38. The molecule has 0 aliphatic heterocycles.